The normalized spacial score (nSPS) is 12.7. The summed E-state index contributed by atoms with van der Waals surface area (Å²) in [6.45, 7) is 4.70. The molecule has 0 atom stereocenters. The van der Waals surface area contributed by atoms with E-state index in [0.29, 0.717) is 0 Å². The zero-order chi connectivity index (χ0) is 44.6. The minimum atomic E-state index is -0.0527. The molecular formula is C65H46N2. The molecule has 67 heavy (non-hydrogen) atoms. The Morgan fingerprint density at radius 3 is 1.58 bits per heavy atom. The number of hydrogen-bond donors (Lipinski definition) is 0. The van der Waals surface area contributed by atoms with E-state index in [-0.39, 0.29) is 5.41 Å². The van der Waals surface area contributed by atoms with E-state index in [2.05, 4.69) is 266 Å². The molecule has 13 rings (SSSR count). The highest BCUT2D eigenvalue weighted by molar-refractivity contribution is 6.12. The van der Waals surface area contributed by atoms with Crippen LogP contribution in [-0.4, -0.2) is 4.57 Å². The van der Waals surface area contributed by atoms with Crippen molar-refractivity contribution in [1.29, 1.82) is 0 Å². The van der Waals surface area contributed by atoms with Gasteiger partial charge in [0.15, 0.2) is 0 Å². The van der Waals surface area contributed by atoms with Gasteiger partial charge in [-0.2, -0.15) is 0 Å². The molecule has 0 amide bonds. The average Bonchev–Trinajstić information content (AvgIpc) is 3.84. The van der Waals surface area contributed by atoms with Crippen LogP contribution >= 0.6 is 0 Å². The van der Waals surface area contributed by atoms with Crippen molar-refractivity contribution in [3.05, 3.63) is 254 Å². The Balaban J connectivity index is 0.890. The fourth-order valence-electron chi connectivity index (χ4n) is 11.0. The number of anilines is 3. The topological polar surface area (TPSA) is 8.17 Å². The van der Waals surface area contributed by atoms with Crippen LogP contribution in [0.2, 0.25) is 0 Å². The molecule has 0 aliphatic heterocycles. The molecule has 0 radical (unpaired) electrons. The molecule has 0 unspecified atom stereocenters. The van der Waals surface area contributed by atoms with E-state index in [1.165, 1.54) is 99.0 Å². The maximum absolute atomic E-state index is 2.41. The van der Waals surface area contributed by atoms with Gasteiger partial charge in [-0.1, -0.05) is 190 Å². The van der Waals surface area contributed by atoms with Gasteiger partial charge in [-0.25, -0.2) is 0 Å². The number of fused-ring (bicyclic) bond motifs is 9. The second kappa shape index (κ2) is 15.3. The third-order valence-corrected chi connectivity index (χ3v) is 14.4. The molecule has 316 valence electrons. The van der Waals surface area contributed by atoms with Gasteiger partial charge >= 0.3 is 0 Å². The molecule has 2 heteroatoms. The first-order valence-corrected chi connectivity index (χ1v) is 23.3. The van der Waals surface area contributed by atoms with E-state index in [1.807, 2.05) is 0 Å². The van der Waals surface area contributed by atoms with Crippen LogP contribution in [0.3, 0.4) is 0 Å². The number of rotatable bonds is 7. The second-order valence-corrected chi connectivity index (χ2v) is 18.5. The van der Waals surface area contributed by atoms with E-state index in [9.17, 15) is 0 Å². The van der Waals surface area contributed by atoms with Gasteiger partial charge in [0, 0.05) is 38.9 Å². The molecule has 0 saturated carbocycles. The predicted octanol–water partition coefficient (Wildman–Crippen LogP) is 17.9. The van der Waals surface area contributed by atoms with Crippen LogP contribution in [0.4, 0.5) is 17.1 Å². The summed E-state index contributed by atoms with van der Waals surface area (Å²) in [6, 6.07) is 89.3. The molecule has 0 saturated heterocycles. The zero-order valence-corrected chi connectivity index (χ0v) is 37.5. The number of benzene rings is 11. The second-order valence-electron chi connectivity index (χ2n) is 18.5. The average molecular weight is 855 g/mol. The SMILES string of the molecule is CC1(C)c2ccccc2-c2ccc(-c3ccc(N(c4ccc(-c5ccc6c7ccccc7n(-c7ccccc7)c6c5)cc4)c4ccc(-c5cccc6c5ccc5ccccc56)cc4)cc3)cc21. The standard InChI is InChI=1S/C65H46N2/c1-65(2)61-21-10-8-17-57(61)58-39-30-47(41-62(58)65)43-23-32-50(33-24-43)66(52-36-27-46(28-37-52)54-19-12-20-55-53-16-7-6-13-45(53)29-38-56(54)55)51-34-25-44(26-35-51)48-31-40-60-59-18-9-11-22-63(59)67(64(60)42-48)49-14-4-3-5-15-49/h3-42H,1-2H3. The molecular weight excluding hydrogens is 809 g/mol. The van der Waals surface area contributed by atoms with Crippen molar-refractivity contribution in [1.82, 2.24) is 4.57 Å². The highest BCUT2D eigenvalue weighted by Gasteiger charge is 2.35. The van der Waals surface area contributed by atoms with Crippen molar-refractivity contribution >= 4 is 60.4 Å². The Morgan fingerprint density at radius 1 is 0.313 bits per heavy atom. The quantitative estimate of drug-likeness (QED) is 0.145. The third-order valence-electron chi connectivity index (χ3n) is 14.4. The molecule has 12 aromatic rings. The van der Waals surface area contributed by atoms with E-state index in [4.69, 9.17) is 0 Å². The Hall–Kier alpha value is -8.46. The molecule has 0 spiro atoms. The fourth-order valence-corrected chi connectivity index (χ4v) is 11.0. The summed E-state index contributed by atoms with van der Waals surface area (Å²) in [5, 5.41) is 7.59. The van der Waals surface area contributed by atoms with Crippen LogP contribution in [-0.2, 0) is 5.41 Å². The summed E-state index contributed by atoms with van der Waals surface area (Å²) in [4.78, 5) is 2.38. The summed E-state index contributed by atoms with van der Waals surface area (Å²) in [5.74, 6) is 0. The van der Waals surface area contributed by atoms with Crippen LogP contribution in [0.1, 0.15) is 25.0 Å². The van der Waals surface area contributed by atoms with Gasteiger partial charge in [0.1, 0.15) is 0 Å². The summed E-state index contributed by atoms with van der Waals surface area (Å²) >= 11 is 0. The van der Waals surface area contributed by atoms with E-state index in [1.54, 1.807) is 0 Å². The molecule has 0 fully saturated rings. The van der Waals surface area contributed by atoms with Gasteiger partial charge in [0.2, 0.25) is 0 Å². The predicted molar refractivity (Wildman–Crippen MR) is 284 cm³/mol. The van der Waals surface area contributed by atoms with Gasteiger partial charge in [-0.3, -0.25) is 0 Å². The van der Waals surface area contributed by atoms with Crippen molar-refractivity contribution in [3.8, 4) is 50.2 Å². The largest absolute Gasteiger partial charge is 0.311 e. The molecule has 1 aliphatic rings. The number of hydrogen-bond acceptors (Lipinski definition) is 1. The van der Waals surface area contributed by atoms with E-state index >= 15 is 0 Å². The first kappa shape index (κ1) is 39.0. The van der Waals surface area contributed by atoms with Gasteiger partial charge in [-0.05, 0) is 144 Å². The van der Waals surface area contributed by atoms with Crippen LogP contribution in [0.25, 0.3) is 93.5 Å². The van der Waals surface area contributed by atoms with Gasteiger partial charge in [-0.15, -0.1) is 0 Å². The summed E-state index contributed by atoms with van der Waals surface area (Å²) in [5.41, 5.74) is 19.5. The molecule has 1 aliphatic carbocycles. The maximum Gasteiger partial charge on any atom is 0.0547 e. The van der Waals surface area contributed by atoms with Crippen LogP contribution in [0.5, 0.6) is 0 Å². The van der Waals surface area contributed by atoms with Crippen molar-refractivity contribution in [2.75, 3.05) is 4.90 Å². The Morgan fingerprint density at radius 2 is 0.836 bits per heavy atom. The first-order chi connectivity index (χ1) is 33.0. The van der Waals surface area contributed by atoms with Crippen LogP contribution in [0, 0.1) is 0 Å². The summed E-state index contributed by atoms with van der Waals surface area (Å²) in [6.07, 6.45) is 0. The monoisotopic (exact) mass is 854 g/mol. The lowest BCUT2D eigenvalue weighted by Crippen LogP contribution is -2.14. The van der Waals surface area contributed by atoms with Gasteiger partial charge in [0.25, 0.3) is 0 Å². The Bertz CT molecular complexity index is 3860. The smallest absolute Gasteiger partial charge is 0.0547 e. The lowest BCUT2D eigenvalue weighted by molar-refractivity contribution is 0.660. The number of para-hydroxylation sites is 2. The minimum Gasteiger partial charge on any atom is -0.311 e. The lowest BCUT2D eigenvalue weighted by Gasteiger charge is -2.26. The zero-order valence-electron chi connectivity index (χ0n) is 37.5. The van der Waals surface area contributed by atoms with Crippen molar-refractivity contribution in [3.63, 3.8) is 0 Å². The molecule has 1 heterocycles. The Labute approximate surface area is 391 Å². The van der Waals surface area contributed by atoms with Crippen molar-refractivity contribution in [2.24, 2.45) is 0 Å². The molecule has 0 bridgehead atoms. The number of aromatic nitrogens is 1. The lowest BCUT2D eigenvalue weighted by atomic mass is 9.81. The van der Waals surface area contributed by atoms with Gasteiger partial charge < -0.3 is 9.47 Å². The molecule has 0 N–H and O–H groups in total. The van der Waals surface area contributed by atoms with Crippen LogP contribution < -0.4 is 4.90 Å². The highest BCUT2D eigenvalue weighted by Crippen LogP contribution is 2.50. The first-order valence-electron chi connectivity index (χ1n) is 23.3. The summed E-state index contributed by atoms with van der Waals surface area (Å²) in [7, 11) is 0. The van der Waals surface area contributed by atoms with E-state index < -0.39 is 0 Å². The molecule has 1 aromatic heterocycles. The third kappa shape index (κ3) is 6.32. The van der Waals surface area contributed by atoms with Crippen molar-refractivity contribution in [2.45, 2.75) is 19.3 Å². The minimum absolute atomic E-state index is 0.0527. The van der Waals surface area contributed by atoms with Crippen LogP contribution in [0.15, 0.2) is 243 Å². The van der Waals surface area contributed by atoms with Gasteiger partial charge in [0.05, 0.1) is 11.0 Å². The van der Waals surface area contributed by atoms with E-state index in [0.717, 1.165) is 22.7 Å². The molecule has 11 aromatic carbocycles. The number of nitrogens with zero attached hydrogens (tertiary/aromatic N) is 2. The maximum atomic E-state index is 2.41. The Kier molecular flexibility index (Phi) is 8.91. The van der Waals surface area contributed by atoms with Crippen molar-refractivity contribution < 1.29 is 0 Å². The molecule has 2 nitrogen and oxygen atoms in total. The summed E-state index contributed by atoms with van der Waals surface area (Å²) < 4.78 is 2.39. The highest BCUT2D eigenvalue weighted by atomic mass is 15.1. The fraction of sp³-hybridized carbons (Fsp3) is 0.0462.